The van der Waals surface area contributed by atoms with Gasteiger partial charge in [-0.2, -0.15) is 0 Å². The van der Waals surface area contributed by atoms with Gasteiger partial charge < -0.3 is 19.9 Å². The molecule has 8 nitrogen and oxygen atoms in total. The lowest BCUT2D eigenvalue weighted by Gasteiger charge is -2.14. The predicted octanol–water partition coefficient (Wildman–Crippen LogP) is 3.90. The Morgan fingerprint density at radius 2 is 1.71 bits per heavy atom. The van der Waals surface area contributed by atoms with E-state index >= 15 is 0 Å². The third-order valence-corrected chi connectivity index (χ3v) is 6.45. The molecule has 3 aromatic rings. The van der Waals surface area contributed by atoms with Crippen LogP contribution in [-0.4, -0.2) is 39.4 Å². The van der Waals surface area contributed by atoms with Gasteiger partial charge >= 0.3 is 0 Å². The highest BCUT2D eigenvalue weighted by Gasteiger charge is 2.19. The topological polar surface area (TPSA) is 98.1 Å². The molecule has 2 amide bonds. The molecule has 0 aliphatic heterocycles. The maximum absolute atomic E-state index is 12.5. The SMILES string of the molecule is COc1ccc(CC(=O)N[C@H](C)c2nnc(SCC(=O)Nc3c(C)cc(C)cc3C)n2C)cc1. The number of rotatable bonds is 9. The Balaban J connectivity index is 1.55. The molecule has 0 aliphatic carbocycles. The van der Waals surface area contributed by atoms with Crippen molar-refractivity contribution in [1.82, 2.24) is 20.1 Å². The largest absolute Gasteiger partial charge is 0.497 e. The molecule has 0 aliphatic rings. The van der Waals surface area contributed by atoms with Crippen molar-refractivity contribution in [3.05, 3.63) is 64.5 Å². The highest BCUT2D eigenvalue weighted by atomic mass is 32.2. The number of benzene rings is 2. The fourth-order valence-corrected chi connectivity index (χ4v) is 4.52. The molecule has 0 saturated carbocycles. The molecule has 0 spiro atoms. The van der Waals surface area contributed by atoms with Crippen molar-refractivity contribution >= 4 is 29.3 Å². The minimum Gasteiger partial charge on any atom is -0.497 e. The summed E-state index contributed by atoms with van der Waals surface area (Å²) in [7, 11) is 3.44. The van der Waals surface area contributed by atoms with Crippen LogP contribution < -0.4 is 15.4 Å². The van der Waals surface area contributed by atoms with E-state index in [0.717, 1.165) is 28.1 Å². The molecule has 180 valence electrons. The van der Waals surface area contributed by atoms with Crippen LogP contribution in [0, 0.1) is 20.8 Å². The van der Waals surface area contributed by atoms with Crippen molar-refractivity contribution in [2.24, 2.45) is 7.05 Å². The first-order valence-corrected chi connectivity index (χ1v) is 12.0. The Kier molecular flexibility index (Phi) is 8.33. The average molecular weight is 482 g/mol. The summed E-state index contributed by atoms with van der Waals surface area (Å²) in [5.74, 6) is 1.36. The van der Waals surface area contributed by atoms with Crippen LogP contribution in [0.1, 0.15) is 41.0 Å². The molecular formula is C25H31N5O3S. The van der Waals surface area contributed by atoms with Crippen LogP contribution in [0.3, 0.4) is 0 Å². The lowest BCUT2D eigenvalue weighted by molar-refractivity contribution is -0.121. The first-order valence-electron chi connectivity index (χ1n) is 11.0. The van der Waals surface area contributed by atoms with E-state index in [-0.39, 0.29) is 30.0 Å². The first-order chi connectivity index (χ1) is 16.2. The number of aryl methyl sites for hydroxylation is 3. The summed E-state index contributed by atoms with van der Waals surface area (Å²) in [6, 6.07) is 11.2. The fourth-order valence-electron chi connectivity index (χ4n) is 3.80. The van der Waals surface area contributed by atoms with Gasteiger partial charge in [0, 0.05) is 12.7 Å². The normalized spacial score (nSPS) is 11.7. The van der Waals surface area contributed by atoms with E-state index in [1.165, 1.54) is 17.3 Å². The molecule has 1 atom stereocenters. The van der Waals surface area contributed by atoms with Gasteiger partial charge in [-0.05, 0) is 56.5 Å². The van der Waals surface area contributed by atoms with Crippen molar-refractivity contribution in [3.8, 4) is 5.75 Å². The second-order valence-corrected chi connectivity index (χ2v) is 9.27. The maximum atomic E-state index is 12.5. The molecule has 1 heterocycles. The Morgan fingerprint density at radius 1 is 1.06 bits per heavy atom. The number of carbonyl (C=O) groups excluding carboxylic acids is 2. The summed E-state index contributed by atoms with van der Waals surface area (Å²) in [5, 5.41) is 15.0. The quantitative estimate of drug-likeness (QED) is 0.450. The number of carbonyl (C=O) groups is 2. The molecule has 0 bridgehead atoms. The summed E-state index contributed by atoms with van der Waals surface area (Å²) in [6.45, 7) is 7.87. The first kappa shape index (κ1) is 25.3. The summed E-state index contributed by atoms with van der Waals surface area (Å²) in [6.07, 6.45) is 0.256. The van der Waals surface area contributed by atoms with Crippen LogP contribution in [0.2, 0.25) is 0 Å². The second-order valence-electron chi connectivity index (χ2n) is 8.32. The fraction of sp³-hybridized carbons (Fsp3) is 0.360. The second kappa shape index (κ2) is 11.2. The van der Waals surface area contributed by atoms with Gasteiger partial charge in [-0.15, -0.1) is 10.2 Å². The van der Waals surface area contributed by atoms with E-state index in [0.29, 0.717) is 11.0 Å². The zero-order valence-electron chi connectivity index (χ0n) is 20.4. The van der Waals surface area contributed by atoms with Crippen LogP contribution in [0.4, 0.5) is 5.69 Å². The van der Waals surface area contributed by atoms with E-state index in [9.17, 15) is 9.59 Å². The van der Waals surface area contributed by atoms with Crippen molar-refractivity contribution in [2.75, 3.05) is 18.2 Å². The number of ether oxygens (including phenoxy) is 1. The Hall–Kier alpha value is -3.33. The summed E-state index contributed by atoms with van der Waals surface area (Å²) in [4.78, 5) is 25.0. The molecule has 2 N–H and O–H groups in total. The van der Waals surface area contributed by atoms with Gasteiger partial charge in [0.25, 0.3) is 0 Å². The number of hydrogen-bond acceptors (Lipinski definition) is 6. The standard InChI is InChI=1S/C25H31N5O3S/c1-15-11-16(2)23(17(3)12-15)27-22(32)14-34-25-29-28-24(30(25)5)18(4)26-21(31)13-19-7-9-20(33-6)10-8-19/h7-12,18H,13-14H2,1-6H3,(H,26,31)(H,27,32)/t18-/m1/s1. The molecule has 34 heavy (non-hydrogen) atoms. The van der Waals surface area contributed by atoms with Gasteiger partial charge in [-0.3, -0.25) is 9.59 Å². The molecule has 0 fully saturated rings. The molecule has 1 aromatic heterocycles. The van der Waals surface area contributed by atoms with Gasteiger partial charge in [-0.25, -0.2) is 0 Å². The predicted molar refractivity (Wildman–Crippen MR) is 134 cm³/mol. The zero-order valence-corrected chi connectivity index (χ0v) is 21.2. The molecule has 2 aromatic carbocycles. The zero-order chi connectivity index (χ0) is 24.8. The average Bonchev–Trinajstić information content (AvgIpc) is 3.15. The van der Waals surface area contributed by atoms with Crippen LogP contribution in [0.5, 0.6) is 5.75 Å². The third kappa shape index (κ3) is 6.38. The Labute approximate surface area is 204 Å². The number of methoxy groups -OCH3 is 1. The molecule has 3 rings (SSSR count). The molecule has 0 unspecified atom stereocenters. The van der Waals surface area contributed by atoms with E-state index in [1.807, 2.05) is 59.0 Å². The van der Waals surface area contributed by atoms with Gasteiger partial charge in [0.2, 0.25) is 11.8 Å². The summed E-state index contributed by atoms with van der Waals surface area (Å²) < 4.78 is 6.95. The number of aromatic nitrogens is 3. The van der Waals surface area contributed by atoms with Gasteiger partial charge in [0.1, 0.15) is 5.75 Å². The van der Waals surface area contributed by atoms with Gasteiger partial charge in [0.05, 0.1) is 25.3 Å². The number of thioether (sulfide) groups is 1. The number of nitrogens with one attached hydrogen (secondary N) is 2. The lowest BCUT2D eigenvalue weighted by Crippen LogP contribution is -2.29. The summed E-state index contributed by atoms with van der Waals surface area (Å²) in [5.41, 5.74) is 4.99. The van der Waals surface area contributed by atoms with E-state index in [2.05, 4.69) is 33.0 Å². The Morgan fingerprint density at radius 3 is 2.32 bits per heavy atom. The monoisotopic (exact) mass is 481 g/mol. The minimum atomic E-state index is -0.329. The third-order valence-electron chi connectivity index (χ3n) is 5.43. The van der Waals surface area contributed by atoms with E-state index < -0.39 is 0 Å². The van der Waals surface area contributed by atoms with Crippen molar-refractivity contribution in [2.45, 2.75) is 45.3 Å². The number of anilines is 1. The molecule has 0 saturated heterocycles. The summed E-state index contributed by atoms with van der Waals surface area (Å²) >= 11 is 1.31. The van der Waals surface area contributed by atoms with E-state index in [4.69, 9.17) is 4.74 Å². The number of amides is 2. The smallest absolute Gasteiger partial charge is 0.234 e. The molecule has 9 heteroatoms. The molecule has 0 radical (unpaired) electrons. The maximum Gasteiger partial charge on any atom is 0.234 e. The lowest BCUT2D eigenvalue weighted by atomic mass is 10.1. The van der Waals surface area contributed by atoms with Crippen molar-refractivity contribution < 1.29 is 14.3 Å². The highest BCUT2D eigenvalue weighted by molar-refractivity contribution is 7.99. The Bertz CT molecular complexity index is 1150. The van der Waals surface area contributed by atoms with Gasteiger partial charge in [0.15, 0.2) is 11.0 Å². The van der Waals surface area contributed by atoms with Crippen molar-refractivity contribution in [1.29, 1.82) is 0 Å². The van der Waals surface area contributed by atoms with Gasteiger partial charge in [-0.1, -0.05) is 41.6 Å². The number of hydrogen-bond donors (Lipinski definition) is 2. The van der Waals surface area contributed by atoms with E-state index in [1.54, 1.807) is 11.7 Å². The van der Waals surface area contributed by atoms with Crippen LogP contribution in [0.25, 0.3) is 0 Å². The van der Waals surface area contributed by atoms with Crippen molar-refractivity contribution in [3.63, 3.8) is 0 Å². The van der Waals surface area contributed by atoms with Crippen LogP contribution in [0.15, 0.2) is 41.6 Å². The van der Waals surface area contributed by atoms with Crippen LogP contribution in [-0.2, 0) is 23.1 Å². The molecular weight excluding hydrogens is 450 g/mol. The highest BCUT2D eigenvalue weighted by Crippen LogP contribution is 2.24. The number of nitrogens with zero attached hydrogens (tertiary/aromatic N) is 3. The van der Waals surface area contributed by atoms with Crippen LogP contribution >= 0.6 is 11.8 Å². The minimum absolute atomic E-state index is 0.106.